The van der Waals surface area contributed by atoms with E-state index < -0.39 is 0 Å². The summed E-state index contributed by atoms with van der Waals surface area (Å²) < 4.78 is 3.43. The van der Waals surface area contributed by atoms with Crippen LogP contribution in [0.1, 0.15) is 37.6 Å². The Kier molecular flexibility index (Phi) is 6.46. The maximum absolute atomic E-state index is 12.3. The predicted molar refractivity (Wildman–Crippen MR) is 103 cm³/mol. The molecule has 140 valence electrons. The molecule has 0 saturated carbocycles. The molecule has 1 aromatic heterocycles. The van der Waals surface area contributed by atoms with Crippen LogP contribution in [0.2, 0.25) is 0 Å². The van der Waals surface area contributed by atoms with E-state index in [1.165, 1.54) is 5.56 Å². The van der Waals surface area contributed by atoms with Crippen molar-refractivity contribution in [1.82, 2.24) is 25.0 Å². The normalized spacial score (nSPS) is 14.1. The zero-order valence-electron chi connectivity index (χ0n) is 15.4. The van der Waals surface area contributed by atoms with Gasteiger partial charge in [-0.1, -0.05) is 30.3 Å². The summed E-state index contributed by atoms with van der Waals surface area (Å²) in [5, 5.41) is 11.1. The van der Waals surface area contributed by atoms with Crippen molar-refractivity contribution < 1.29 is 0 Å². The summed E-state index contributed by atoms with van der Waals surface area (Å²) in [6.07, 6.45) is 3.94. The number of rotatable bonds is 7. The first-order valence-corrected chi connectivity index (χ1v) is 9.50. The SMILES string of the molecule is CCNC(=NCc1ccccc1)NCCCn1nc2n(c1=O)CCCC2. The van der Waals surface area contributed by atoms with Gasteiger partial charge in [0, 0.05) is 32.6 Å². The van der Waals surface area contributed by atoms with Gasteiger partial charge in [0.05, 0.1) is 6.54 Å². The number of hydrogen-bond acceptors (Lipinski definition) is 3. The van der Waals surface area contributed by atoms with Crippen molar-refractivity contribution in [3.05, 3.63) is 52.2 Å². The van der Waals surface area contributed by atoms with Gasteiger partial charge in [0.2, 0.25) is 0 Å². The Morgan fingerprint density at radius 2 is 2.08 bits per heavy atom. The molecule has 26 heavy (non-hydrogen) atoms. The highest BCUT2D eigenvalue weighted by Crippen LogP contribution is 2.09. The number of guanidine groups is 1. The molecule has 1 aromatic carbocycles. The van der Waals surface area contributed by atoms with E-state index in [2.05, 4.69) is 39.8 Å². The van der Waals surface area contributed by atoms with Crippen molar-refractivity contribution in [2.75, 3.05) is 13.1 Å². The zero-order chi connectivity index (χ0) is 18.2. The van der Waals surface area contributed by atoms with E-state index in [9.17, 15) is 4.79 Å². The van der Waals surface area contributed by atoms with Crippen molar-refractivity contribution in [3.63, 3.8) is 0 Å². The number of nitrogens with one attached hydrogen (secondary N) is 2. The molecule has 0 amide bonds. The first-order chi connectivity index (χ1) is 12.8. The molecule has 2 aromatic rings. The van der Waals surface area contributed by atoms with E-state index in [0.717, 1.165) is 57.1 Å². The smallest absolute Gasteiger partial charge is 0.345 e. The Morgan fingerprint density at radius 3 is 2.85 bits per heavy atom. The fourth-order valence-electron chi connectivity index (χ4n) is 3.13. The Balaban J connectivity index is 1.49. The third kappa shape index (κ3) is 4.74. The lowest BCUT2D eigenvalue weighted by atomic mass is 10.2. The van der Waals surface area contributed by atoms with Crippen LogP contribution in [-0.2, 0) is 26.1 Å². The van der Waals surface area contributed by atoms with E-state index in [4.69, 9.17) is 0 Å². The number of aliphatic imine (C=N–C) groups is 1. The molecule has 2 heterocycles. The minimum atomic E-state index is 0.0318. The van der Waals surface area contributed by atoms with Crippen molar-refractivity contribution in [2.45, 2.75) is 52.2 Å². The minimum absolute atomic E-state index is 0.0318. The molecule has 0 saturated heterocycles. The highest BCUT2D eigenvalue weighted by molar-refractivity contribution is 5.79. The summed E-state index contributed by atoms with van der Waals surface area (Å²) in [6, 6.07) is 10.2. The van der Waals surface area contributed by atoms with Crippen LogP contribution in [0.5, 0.6) is 0 Å². The molecule has 7 heteroatoms. The summed E-state index contributed by atoms with van der Waals surface area (Å²) >= 11 is 0. The van der Waals surface area contributed by atoms with Gasteiger partial charge in [-0.2, -0.15) is 5.10 Å². The highest BCUT2D eigenvalue weighted by atomic mass is 16.2. The molecule has 0 aliphatic carbocycles. The molecule has 0 atom stereocenters. The van der Waals surface area contributed by atoms with Gasteiger partial charge in [-0.05, 0) is 31.7 Å². The number of benzene rings is 1. The second-order valence-corrected chi connectivity index (χ2v) is 6.49. The van der Waals surface area contributed by atoms with Gasteiger partial charge in [-0.25, -0.2) is 14.5 Å². The van der Waals surface area contributed by atoms with E-state index in [-0.39, 0.29) is 5.69 Å². The number of fused-ring (bicyclic) bond motifs is 1. The topological polar surface area (TPSA) is 76.2 Å². The molecule has 7 nitrogen and oxygen atoms in total. The molecular formula is C19H28N6O. The van der Waals surface area contributed by atoms with E-state index >= 15 is 0 Å². The monoisotopic (exact) mass is 356 g/mol. The maximum Gasteiger partial charge on any atom is 0.345 e. The third-order valence-corrected chi connectivity index (χ3v) is 4.48. The Labute approximate surface area is 154 Å². The van der Waals surface area contributed by atoms with Crippen LogP contribution in [0.3, 0.4) is 0 Å². The van der Waals surface area contributed by atoms with Crippen molar-refractivity contribution in [2.24, 2.45) is 4.99 Å². The van der Waals surface area contributed by atoms with Gasteiger partial charge in [-0.3, -0.25) is 4.57 Å². The summed E-state index contributed by atoms with van der Waals surface area (Å²) in [5.41, 5.74) is 1.21. The van der Waals surface area contributed by atoms with Crippen LogP contribution in [0.4, 0.5) is 0 Å². The lowest BCUT2D eigenvalue weighted by Crippen LogP contribution is -2.38. The van der Waals surface area contributed by atoms with Crippen LogP contribution in [-0.4, -0.2) is 33.4 Å². The third-order valence-electron chi connectivity index (χ3n) is 4.48. The zero-order valence-corrected chi connectivity index (χ0v) is 15.4. The number of nitrogens with zero attached hydrogens (tertiary/aromatic N) is 4. The fraction of sp³-hybridized carbons (Fsp3) is 0.526. The lowest BCUT2D eigenvalue weighted by molar-refractivity contribution is 0.509. The highest BCUT2D eigenvalue weighted by Gasteiger charge is 2.16. The molecule has 3 rings (SSSR count). The fourth-order valence-corrected chi connectivity index (χ4v) is 3.13. The van der Waals surface area contributed by atoms with Crippen LogP contribution in [0, 0.1) is 0 Å². The Hall–Kier alpha value is -2.57. The van der Waals surface area contributed by atoms with Crippen LogP contribution in [0.15, 0.2) is 40.1 Å². The van der Waals surface area contributed by atoms with Gasteiger partial charge in [0.1, 0.15) is 5.82 Å². The molecule has 1 aliphatic rings. The van der Waals surface area contributed by atoms with E-state index in [1.807, 2.05) is 22.8 Å². The number of aryl methyl sites for hydroxylation is 2. The molecule has 0 bridgehead atoms. The summed E-state index contributed by atoms with van der Waals surface area (Å²) in [4.78, 5) is 16.9. The first-order valence-electron chi connectivity index (χ1n) is 9.50. The first kappa shape index (κ1) is 18.2. The van der Waals surface area contributed by atoms with Gasteiger partial charge in [-0.15, -0.1) is 0 Å². The average molecular weight is 356 g/mol. The standard InChI is InChI=1S/C19H28N6O/c1-2-20-18(22-15-16-9-4-3-5-10-16)21-12-8-14-25-19(26)24-13-7-6-11-17(24)23-25/h3-5,9-10H,2,6-8,11-15H2,1H3,(H2,20,21,22). The molecule has 2 N–H and O–H groups in total. The lowest BCUT2D eigenvalue weighted by Gasteiger charge is -2.11. The van der Waals surface area contributed by atoms with Crippen molar-refractivity contribution >= 4 is 5.96 Å². The molecular weight excluding hydrogens is 328 g/mol. The number of aromatic nitrogens is 3. The summed E-state index contributed by atoms with van der Waals surface area (Å²) in [7, 11) is 0. The predicted octanol–water partition coefficient (Wildman–Crippen LogP) is 1.53. The van der Waals surface area contributed by atoms with Crippen LogP contribution >= 0.6 is 0 Å². The largest absolute Gasteiger partial charge is 0.357 e. The molecule has 0 radical (unpaired) electrons. The average Bonchev–Trinajstić information content (AvgIpc) is 3.00. The Morgan fingerprint density at radius 1 is 1.23 bits per heavy atom. The molecule has 1 aliphatic heterocycles. The van der Waals surface area contributed by atoms with E-state index in [1.54, 1.807) is 4.68 Å². The van der Waals surface area contributed by atoms with Gasteiger partial charge < -0.3 is 10.6 Å². The molecule has 0 unspecified atom stereocenters. The van der Waals surface area contributed by atoms with Crippen LogP contribution in [0.25, 0.3) is 0 Å². The quantitative estimate of drug-likeness (QED) is 0.448. The molecule has 0 spiro atoms. The minimum Gasteiger partial charge on any atom is -0.357 e. The summed E-state index contributed by atoms with van der Waals surface area (Å²) in [6.45, 7) is 5.69. The van der Waals surface area contributed by atoms with Crippen molar-refractivity contribution in [3.8, 4) is 0 Å². The van der Waals surface area contributed by atoms with E-state index in [0.29, 0.717) is 13.1 Å². The van der Waals surface area contributed by atoms with Gasteiger partial charge in [0.25, 0.3) is 0 Å². The van der Waals surface area contributed by atoms with Gasteiger partial charge in [0.15, 0.2) is 5.96 Å². The number of hydrogen-bond donors (Lipinski definition) is 2. The second-order valence-electron chi connectivity index (χ2n) is 6.49. The summed E-state index contributed by atoms with van der Waals surface area (Å²) in [5.74, 6) is 1.74. The maximum atomic E-state index is 12.3. The van der Waals surface area contributed by atoms with Crippen LogP contribution < -0.4 is 16.3 Å². The van der Waals surface area contributed by atoms with Crippen molar-refractivity contribution in [1.29, 1.82) is 0 Å². The van der Waals surface area contributed by atoms with Gasteiger partial charge >= 0.3 is 5.69 Å². The second kappa shape index (κ2) is 9.22. The molecule has 0 fully saturated rings. The Bertz CT molecular complexity index is 777.